The molecule has 0 heterocycles. The number of benzene rings is 2. The van der Waals surface area contributed by atoms with Gasteiger partial charge in [0.1, 0.15) is 11.3 Å². The smallest absolute Gasteiger partial charge is 0.342 e. The monoisotopic (exact) mass is 403 g/mol. The summed E-state index contributed by atoms with van der Waals surface area (Å²) >= 11 is 6.15. The highest BCUT2D eigenvalue weighted by molar-refractivity contribution is 6.34. The Morgan fingerprint density at radius 1 is 1.07 bits per heavy atom. The van der Waals surface area contributed by atoms with E-state index in [0.717, 1.165) is 11.1 Å². The molecule has 6 nitrogen and oxygen atoms in total. The Morgan fingerprint density at radius 3 is 2.39 bits per heavy atom. The van der Waals surface area contributed by atoms with Gasteiger partial charge in [-0.1, -0.05) is 30.7 Å². The number of esters is 1. The van der Waals surface area contributed by atoms with E-state index in [-0.39, 0.29) is 34.4 Å². The van der Waals surface area contributed by atoms with Crippen LogP contribution in [0.5, 0.6) is 5.75 Å². The summed E-state index contributed by atoms with van der Waals surface area (Å²) in [7, 11) is 1.38. The van der Waals surface area contributed by atoms with Crippen molar-refractivity contribution in [2.75, 3.05) is 19.0 Å². The Balaban J connectivity index is 2.14. The average Bonchev–Trinajstić information content (AvgIpc) is 2.68. The summed E-state index contributed by atoms with van der Waals surface area (Å²) in [5.41, 5.74) is 2.92. The number of rotatable bonds is 7. The molecule has 0 bridgehead atoms. The summed E-state index contributed by atoms with van der Waals surface area (Å²) in [4.78, 5) is 36.3. The summed E-state index contributed by atoms with van der Waals surface area (Å²) in [6.07, 6.45) is 0.281. The highest BCUT2D eigenvalue weighted by Gasteiger charge is 2.19. The van der Waals surface area contributed by atoms with Gasteiger partial charge in [-0.25, -0.2) is 4.79 Å². The maximum Gasteiger partial charge on any atom is 0.342 e. The van der Waals surface area contributed by atoms with E-state index in [1.165, 1.54) is 19.2 Å². The molecule has 7 heteroatoms. The van der Waals surface area contributed by atoms with Gasteiger partial charge in [-0.05, 0) is 37.1 Å². The number of anilines is 1. The van der Waals surface area contributed by atoms with E-state index in [1.54, 1.807) is 19.1 Å². The van der Waals surface area contributed by atoms with E-state index in [9.17, 15) is 14.4 Å². The Kier molecular flexibility index (Phi) is 7.18. The third kappa shape index (κ3) is 5.10. The van der Waals surface area contributed by atoms with E-state index in [4.69, 9.17) is 21.1 Å². The van der Waals surface area contributed by atoms with Crippen molar-refractivity contribution in [2.45, 2.75) is 27.2 Å². The topological polar surface area (TPSA) is 81.7 Å². The first-order valence-corrected chi connectivity index (χ1v) is 9.09. The van der Waals surface area contributed by atoms with Gasteiger partial charge < -0.3 is 14.8 Å². The molecule has 1 N–H and O–H groups in total. The predicted molar refractivity (Wildman–Crippen MR) is 107 cm³/mol. The third-order valence-corrected chi connectivity index (χ3v) is 4.58. The van der Waals surface area contributed by atoms with Gasteiger partial charge in [-0.15, -0.1) is 0 Å². The summed E-state index contributed by atoms with van der Waals surface area (Å²) in [6.45, 7) is 5.16. The number of Topliss-reactive ketones (excluding diaryl/α,β-unsaturated/α-hetero) is 1. The van der Waals surface area contributed by atoms with Crippen molar-refractivity contribution >= 4 is 34.9 Å². The van der Waals surface area contributed by atoms with Crippen LogP contribution in [0.4, 0.5) is 5.69 Å². The number of ketones is 1. The number of hydrogen-bond donors (Lipinski definition) is 1. The fourth-order valence-corrected chi connectivity index (χ4v) is 2.63. The van der Waals surface area contributed by atoms with Gasteiger partial charge in [0.25, 0.3) is 0 Å². The molecule has 1 amide bonds. The lowest BCUT2D eigenvalue weighted by Gasteiger charge is -2.13. The molecule has 0 aliphatic carbocycles. The first-order chi connectivity index (χ1) is 13.3. The summed E-state index contributed by atoms with van der Waals surface area (Å²) < 4.78 is 10.3. The zero-order valence-electron chi connectivity index (χ0n) is 16.2. The molecule has 28 heavy (non-hydrogen) atoms. The molecule has 0 aliphatic rings. The van der Waals surface area contributed by atoms with Crippen molar-refractivity contribution in [3.05, 3.63) is 57.6 Å². The summed E-state index contributed by atoms with van der Waals surface area (Å²) in [5, 5.41) is 2.79. The van der Waals surface area contributed by atoms with Crippen LogP contribution in [0.3, 0.4) is 0 Å². The standard InChI is InChI=1S/C21H22ClNO5/c1-5-20(25)23-17-10-19(27-4)15(9-16(17)22)21(26)28-11-18(24)14-7-6-12(2)13(3)8-14/h6-10H,5,11H2,1-4H3,(H,23,25). The molecule has 0 saturated carbocycles. The highest BCUT2D eigenvalue weighted by atomic mass is 35.5. The summed E-state index contributed by atoms with van der Waals surface area (Å²) in [6, 6.07) is 8.08. The van der Waals surface area contributed by atoms with Crippen LogP contribution in [0.25, 0.3) is 0 Å². The van der Waals surface area contributed by atoms with Crippen molar-refractivity contribution in [3.63, 3.8) is 0 Å². The van der Waals surface area contributed by atoms with Crippen molar-refractivity contribution in [1.82, 2.24) is 0 Å². The van der Waals surface area contributed by atoms with Crippen LogP contribution in [0.15, 0.2) is 30.3 Å². The van der Waals surface area contributed by atoms with Gasteiger partial charge in [-0.3, -0.25) is 9.59 Å². The van der Waals surface area contributed by atoms with E-state index in [2.05, 4.69) is 5.32 Å². The predicted octanol–water partition coefficient (Wildman–Crippen LogP) is 4.35. The molecule has 0 aliphatic heterocycles. The van der Waals surface area contributed by atoms with Crippen molar-refractivity contribution in [3.8, 4) is 5.75 Å². The van der Waals surface area contributed by atoms with E-state index in [1.807, 2.05) is 19.9 Å². The number of carbonyl (C=O) groups is 3. The SMILES string of the molecule is CCC(=O)Nc1cc(OC)c(C(=O)OCC(=O)c2ccc(C)c(C)c2)cc1Cl. The van der Waals surface area contributed by atoms with Crippen LogP contribution in [0, 0.1) is 13.8 Å². The fraction of sp³-hybridized carbons (Fsp3) is 0.286. The Hall–Kier alpha value is -2.86. The van der Waals surface area contributed by atoms with Gasteiger partial charge in [0, 0.05) is 18.1 Å². The normalized spacial score (nSPS) is 10.3. The lowest BCUT2D eigenvalue weighted by atomic mass is 10.0. The first-order valence-electron chi connectivity index (χ1n) is 8.71. The molecule has 2 aromatic carbocycles. The molecule has 0 saturated heterocycles. The second-order valence-corrected chi connectivity index (χ2v) is 6.64. The lowest BCUT2D eigenvalue weighted by molar-refractivity contribution is -0.115. The molecule has 0 fully saturated rings. The number of hydrogen-bond acceptors (Lipinski definition) is 5. The van der Waals surface area contributed by atoms with Crippen LogP contribution in [-0.2, 0) is 9.53 Å². The zero-order valence-corrected chi connectivity index (χ0v) is 17.0. The van der Waals surface area contributed by atoms with E-state index < -0.39 is 12.6 Å². The molecule has 0 spiro atoms. The van der Waals surface area contributed by atoms with Gasteiger partial charge in [0.2, 0.25) is 5.91 Å². The number of aryl methyl sites for hydroxylation is 2. The number of carbonyl (C=O) groups excluding carboxylic acids is 3. The molecule has 2 rings (SSSR count). The largest absolute Gasteiger partial charge is 0.496 e. The van der Waals surface area contributed by atoms with E-state index in [0.29, 0.717) is 11.3 Å². The van der Waals surface area contributed by atoms with Crippen LogP contribution >= 0.6 is 11.6 Å². The molecular weight excluding hydrogens is 382 g/mol. The van der Waals surface area contributed by atoms with E-state index >= 15 is 0 Å². The molecule has 148 valence electrons. The van der Waals surface area contributed by atoms with Crippen molar-refractivity contribution in [2.24, 2.45) is 0 Å². The molecule has 2 aromatic rings. The Labute approximate surface area is 168 Å². The van der Waals surface area contributed by atoms with Crippen molar-refractivity contribution in [1.29, 1.82) is 0 Å². The Bertz CT molecular complexity index is 923. The Morgan fingerprint density at radius 2 is 1.79 bits per heavy atom. The quantitative estimate of drug-likeness (QED) is 0.549. The third-order valence-electron chi connectivity index (χ3n) is 4.27. The van der Waals surface area contributed by atoms with Crippen LogP contribution in [0.2, 0.25) is 5.02 Å². The lowest BCUT2D eigenvalue weighted by Crippen LogP contribution is -2.16. The molecule has 0 unspecified atom stereocenters. The second kappa shape index (κ2) is 9.37. The minimum absolute atomic E-state index is 0.0647. The number of halogens is 1. The fourth-order valence-electron chi connectivity index (χ4n) is 2.42. The minimum Gasteiger partial charge on any atom is -0.496 e. The van der Waals surface area contributed by atoms with Gasteiger partial charge >= 0.3 is 5.97 Å². The number of methoxy groups -OCH3 is 1. The number of ether oxygens (including phenoxy) is 2. The maximum atomic E-state index is 12.4. The van der Waals surface area contributed by atoms with Crippen LogP contribution < -0.4 is 10.1 Å². The molecule has 0 radical (unpaired) electrons. The minimum atomic E-state index is -0.746. The number of amides is 1. The van der Waals surface area contributed by atoms with Crippen LogP contribution in [-0.4, -0.2) is 31.4 Å². The van der Waals surface area contributed by atoms with Crippen LogP contribution in [0.1, 0.15) is 45.2 Å². The van der Waals surface area contributed by atoms with Gasteiger partial charge in [0.05, 0.1) is 17.8 Å². The second-order valence-electron chi connectivity index (χ2n) is 6.23. The van der Waals surface area contributed by atoms with Gasteiger partial charge in [0.15, 0.2) is 12.4 Å². The zero-order chi connectivity index (χ0) is 20.8. The first kappa shape index (κ1) is 21.4. The van der Waals surface area contributed by atoms with Crippen molar-refractivity contribution < 1.29 is 23.9 Å². The molecule has 0 atom stereocenters. The summed E-state index contributed by atoms with van der Waals surface area (Å²) in [5.74, 6) is -1.10. The molecule has 0 aromatic heterocycles. The maximum absolute atomic E-state index is 12.4. The average molecular weight is 404 g/mol. The van der Waals surface area contributed by atoms with Gasteiger partial charge in [-0.2, -0.15) is 0 Å². The highest BCUT2D eigenvalue weighted by Crippen LogP contribution is 2.31. The molecular formula is C21H22ClNO5. The number of nitrogens with one attached hydrogen (secondary N) is 1.